The minimum atomic E-state index is -0.380. The van der Waals surface area contributed by atoms with Gasteiger partial charge in [0.15, 0.2) is 0 Å². The molecule has 1 aliphatic rings. The van der Waals surface area contributed by atoms with E-state index in [1.807, 2.05) is 11.0 Å². The standard InChI is InChI=1S/C16H16N4O2S/c17-11-13-3-4-15(20(21)22)16(10-13)19-7-5-18(6-8-19)12-14-2-1-9-23-14/h1-4,9-10H,5-8,12H2. The van der Waals surface area contributed by atoms with Crippen LogP contribution < -0.4 is 4.90 Å². The number of hydrogen-bond acceptors (Lipinski definition) is 6. The van der Waals surface area contributed by atoms with E-state index >= 15 is 0 Å². The summed E-state index contributed by atoms with van der Waals surface area (Å²) in [4.78, 5) is 16.5. The van der Waals surface area contributed by atoms with Crippen molar-refractivity contribution in [1.29, 1.82) is 5.26 Å². The normalized spacial score (nSPS) is 15.3. The second-order valence-corrected chi connectivity index (χ2v) is 6.45. The first kappa shape index (κ1) is 15.5. The summed E-state index contributed by atoms with van der Waals surface area (Å²) in [5, 5.41) is 22.3. The van der Waals surface area contributed by atoms with Gasteiger partial charge in [-0.1, -0.05) is 6.07 Å². The molecular weight excluding hydrogens is 312 g/mol. The Morgan fingerprint density at radius 2 is 2.04 bits per heavy atom. The lowest BCUT2D eigenvalue weighted by Gasteiger charge is -2.35. The Balaban J connectivity index is 1.72. The third-order valence-electron chi connectivity index (χ3n) is 3.97. The van der Waals surface area contributed by atoms with E-state index in [9.17, 15) is 10.1 Å². The molecule has 3 rings (SSSR count). The van der Waals surface area contributed by atoms with Gasteiger partial charge in [-0.05, 0) is 23.6 Å². The molecule has 0 aliphatic carbocycles. The Morgan fingerprint density at radius 1 is 1.26 bits per heavy atom. The Labute approximate surface area is 138 Å². The van der Waals surface area contributed by atoms with Crippen molar-refractivity contribution in [2.45, 2.75) is 6.54 Å². The van der Waals surface area contributed by atoms with Gasteiger partial charge in [0.05, 0.1) is 16.6 Å². The Hall–Kier alpha value is -2.43. The summed E-state index contributed by atoms with van der Waals surface area (Å²) in [6.45, 7) is 4.08. The van der Waals surface area contributed by atoms with Crippen LogP contribution in [0.3, 0.4) is 0 Å². The first-order valence-corrected chi connectivity index (χ1v) is 8.23. The lowest BCUT2D eigenvalue weighted by molar-refractivity contribution is -0.384. The van der Waals surface area contributed by atoms with Gasteiger partial charge in [-0.3, -0.25) is 15.0 Å². The van der Waals surface area contributed by atoms with Crippen LogP contribution in [0.2, 0.25) is 0 Å². The van der Waals surface area contributed by atoms with Crippen molar-refractivity contribution >= 4 is 22.7 Å². The predicted octanol–water partition coefficient (Wildman–Crippen LogP) is 2.85. The Kier molecular flexibility index (Phi) is 4.55. The van der Waals surface area contributed by atoms with Crippen molar-refractivity contribution in [3.05, 3.63) is 56.3 Å². The third-order valence-corrected chi connectivity index (χ3v) is 4.83. The van der Waals surface area contributed by atoms with E-state index in [0.29, 0.717) is 11.3 Å². The summed E-state index contributed by atoms with van der Waals surface area (Å²) in [7, 11) is 0. The molecule has 0 amide bonds. The van der Waals surface area contributed by atoms with Gasteiger partial charge in [-0.15, -0.1) is 11.3 Å². The third kappa shape index (κ3) is 3.50. The van der Waals surface area contributed by atoms with Gasteiger partial charge in [0.25, 0.3) is 5.69 Å². The lowest BCUT2D eigenvalue weighted by Crippen LogP contribution is -2.46. The summed E-state index contributed by atoms with van der Waals surface area (Å²) in [5.41, 5.74) is 1.06. The van der Waals surface area contributed by atoms with Gasteiger partial charge in [0.1, 0.15) is 5.69 Å². The summed E-state index contributed by atoms with van der Waals surface area (Å²) in [6.07, 6.45) is 0. The highest BCUT2D eigenvalue weighted by atomic mass is 32.1. The molecule has 0 spiro atoms. The molecule has 1 fully saturated rings. The largest absolute Gasteiger partial charge is 0.363 e. The molecule has 0 unspecified atom stereocenters. The zero-order valence-corrected chi connectivity index (χ0v) is 13.3. The fourth-order valence-corrected chi connectivity index (χ4v) is 3.52. The topological polar surface area (TPSA) is 73.4 Å². The van der Waals surface area contributed by atoms with Crippen molar-refractivity contribution in [3.8, 4) is 6.07 Å². The molecule has 0 N–H and O–H groups in total. The smallest absolute Gasteiger partial charge is 0.292 e. The van der Waals surface area contributed by atoms with E-state index in [0.717, 1.165) is 32.7 Å². The highest BCUT2D eigenvalue weighted by Gasteiger charge is 2.24. The highest BCUT2D eigenvalue weighted by molar-refractivity contribution is 7.09. The number of rotatable bonds is 4. The number of nitrogens with zero attached hydrogens (tertiary/aromatic N) is 4. The number of hydrogen-bond donors (Lipinski definition) is 0. The lowest BCUT2D eigenvalue weighted by atomic mass is 10.1. The minimum Gasteiger partial charge on any atom is -0.363 e. The van der Waals surface area contributed by atoms with Crippen molar-refractivity contribution in [2.75, 3.05) is 31.1 Å². The van der Waals surface area contributed by atoms with Gasteiger partial charge in [0.2, 0.25) is 0 Å². The Morgan fingerprint density at radius 3 is 2.65 bits per heavy atom. The number of anilines is 1. The van der Waals surface area contributed by atoms with E-state index in [-0.39, 0.29) is 10.6 Å². The van der Waals surface area contributed by atoms with Crippen LogP contribution in [0, 0.1) is 21.4 Å². The molecule has 1 aromatic heterocycles. The van der Waals surface area contributed by atoms with Crippen LogP contribution in [0.25, 0.3) is 0 Å². The van der Waals surface area contributed by atoms with E-state index in [4.69, 9.17) is 5.26 Å². The number of nitro groups is 1. The molecule has 2 heterocycles. The molecule has 6 nitrogen and oxygen atoms in total. The van der Waals surface area contributed by atoms with Gasteiger partial charge >= 0.3 is 0 Å². The van der Waals surface area contributed by atoms with E-state index in [1.54, 1.807) is 17.4 Å². The van der Waals surface area contributed by atoms with E-state index < -0.39 is 0 Å². The number of benzene rings is 1. The molecule has 0 saturated carbocycles. The maximum Gasteiger partial charge on any atom is 0.292 e. The molecule has 1 aromatic carbocycles. The van der Waals surface area contributed by atoms with Crippen LogP contribution in [-0.4, -0.2) is 36.0 Å². The summed E-state index contributed by atoms with van der Waals surface area (Å²) in [5.74, 6) is 0. The average molecular weight is 328 g/mol. The molecule has 1 aliphatic heterocycles. The quantitative estimate of drug-likeness (QED) is 0.637. The molecule has 23 heavy (non-hydrogen) atoms. The molecule has 7 heteroatoms. The second-order valence-electron chi connectivity index (χ2n) is 5.41. The average Bonchev–Trinajstić information content (AvgIpc) is 3.08. The first-order chi connectivity index (χ1) is 11.2. The SMILES string of the molecule is N#Cc1ccc([N+](=O)[O-])c(N2CCN(Cc3cccs3)CC2)c1. The number of nitriles is 1. The summed E-state index contributed by atoms with van der Waals surface area (Å²) < 4.78 is 0. The zero-order chi connectivity index (χ0) is 16.2. The fourth-order valence-electron chi connectivity index (χ4n) is 2.77. The first-order valence-electron chi connectivity index (χ1n) is 7.35. The van der Waals surface area contributed by atoms with Crippen LogP contribution in [0.4, 0.5) is 11.4 Å². The van der Waals surface area contributed by atoms with Crippen LogP contribution in [0.15, 0.2) is 35.7 Å². The second kappa shape index (κ2) is 6.77. The van der Waals surface area contributed by atoms with E-state index in [1.165, 1.54) is 17.0 Å². The van der Waals surface area contributed by atoms with Gasteiger partial charge < -0.3 is 4.90 Å². The molecule has 0 atom stereocenters. The van der Waals surface area contributed by atoms with Crippen molar-refractivity contribution in [3.63, 3.8) is 0 Å². The van der Waals surface area contributed by atoms with Crippen LogP contribution in [-0.2, 0) is 6.54 Å². The zero-order valence-electron chi connectivity index (χ0n) is 12.5. The van der Waals surface area contributed by atoms with Crippen molar-refractivity contribution in [2.24, 2.45) is 0 Å². The maximum atomic E-state index is 11.2. The molecule has 0 radical (unpaired) electrons. The molecule has 118 valence electrons. The van der Waals surface area contributed by atoms with Crippen LogP contribution in [0.1, 0.15) is 10.4 Å². The minimum absolute atomic E-state index is 0.0655. The van der Waals surface area contributed by atoms with Gasteiger partial charge in [-0.25, -0.2) is 0 Å². The molecular formula is C16H16N4O2S. The van der Waals surface area contributed by atoms with Crippen molar-refractivity contribution < 1.29 is 4.92 Å². The van der Waals surface area contributed by atoms with E-state index in [2.05, 4.69) is 22.4 Å². The molecule has 1 saturated heterocycles. The number of thiophene rings is 1. The van der Waals surface area contributed by atoms with Gasteiger partial charge in [0, 0.05) is 43.7 Å². The highest BCUT2D eigenvalue weighted by Crippen LogP contribution is 2.30. The predicted molar refractivity (Wildman–Crippen MR) is 89.6 cm³/mol. The summed E-state index contributed by atoms with van der Waals surface area (Å²) in [6, 6.07) is 10.8. The fraction of sp³-hybridized carbons (Fsp3) is 0.312. The number of nitro benzene ring substituents is 1. The molecule has 2 aromatic rings. The van der Waals surface area contributed by atoms with Crippen molar-refractivity contribution in [1.82, 2.24) is 4.90 Å². The van der Waals surface area contributed by atoms with Crippen LogP contribution in [0.5, 0.6) is 0 Å². The summed E-state index contributed by atoms with van der Waals surface area (Å²) >= 11 is 1.74. The Bertz CT molecular complexity index is 731. The monoisotopic (exact) mass is 328 g/mol. The number of piperazine rings is 1. The van der Waals surface area contributed by atoms with Gasteiger partial charge in [-0.2, -0.15) is 5.26 Å². The van der Waals surface area contributed by atoms with Crippen LogP contribution >= 0.6 is 11.3 Å². The molecule has 0 bridgehead atoms. The maximum absolute atomic E-state index is 11.2.